The first-order chi connectivity index (χ1) is 9.99. The van der Waals surface area contributed by atoms with Crippen molar-refractivity contribution >= 4 is 17.4 Å². The Morgan fingerprint density at radius 2 is 1.86 bits per heavy atom. The molecular formula is C16H18FN3O. The smallest absolute Gasteiger partial charge is 0.255 e. The molecule has 1 amide bonds. The lowest BCUT2D eigenvalue weighted by molar-refractivity contribution is 0.102. The van der Waals surface area contributed by atoms with E-state index >= 15 is 0 Å². The van der Waals surface area contributed by atoms with Crippen molar-refractivity contribution in [3.05, 3.63) is 53.5 Å². The molecule has 21 heavy (non-hydrogen) atoms. The molecule has 4 nitrogen and oxygen atoms in total. The zero-order valence-corrected chi connectivity index (χ0v) is 12.3. The van der Waals surface area contributed by atoms with Crippen LogP contribution in [0.3, 0.4) is 0 Å². The third kappa shape index (κ3) is 3.78. The molecule has 0 aliphatic carbocycles. The van der Waals surface area contributed by atoms with E-state index in [9.17, 15) is 9.18 Å². The van der Waals surface area contributed by atoms with Crippen LogP contribution in [-0.4, -0.2) is 17.9 Å². The van der Waals surface area contributed by atoms with E-state index < -0.39 is 0 Å². The van der Waals surface area contributed by atoms with E-state index in [4.69, 9.17) is 0 Å². The highest BCUT2D eigenvalue weighted by atomic mass is 19.1. The maximum atomic E-state index is 12.9. The molecule has 0 atom stereocenters. The fourth-order valence-corrected chi connectivity index (χ4v) is 1.84. The maximum Gasteiger partial charge on any atom is 0.255 e. The largest absolute Gasteiger partial charge is 0.373 e. The summed E-state index contributed by atoms with van der Waals surface area (Å²) < 4.78 is 12.9. The van der Waals surface area contributed by atoms with Crippen molar-refractivity contribution in [3.63, 3.8) is 0 Å². The van der Waals surface area contributed by atoms with Gasteiger partial charge in [0.25, 0.3) is 5.91 Å². The molecule has 0 bridgehead atoms. The quantitative estimate of drug-likeness (QED) is 0.902. The molecule has 1 aromatic carbocycles. The summed E-state index contributed by atoms with van der Waals surface area (Å²) in [6.45, 7) is 4.03. The molecule has 0 aliphatic rings. The number of nitrogens with zero attached hydrogens (tertiary/aromatic N) is 1. The summed E-state index contributed by atoms with van der Waals surface area (Å²) in [5, 5.41) is 5.69. The van der Waals surface area contributed by atoms with Crippen molar-refractivity contribution in [2.24, 2.45) is 0 Å². The minimum atomic E-state index is -0.337. The van der Waals surface area contributed by atoms with Gasteiger partial charge in [-0.15, -0.1) is 0 Å². The van der Waals surface area contributed by atoms with Gasteiger partial charge < -0.3 is 10.6 Å². The molecule has 0 unspecified atom stereocenters. The number of carbonyl (C=O) groups is 1. The second kappa shape index (κ2) is 6.35. The molecule has 2 N–H and O–H groups in total. The van der Waals surface area contributed by atoms with Gasteiger partial charge in [-0.2, -0.15) is 0 Å². The topological polar surface area (TPSA) is 54.0 Å². The van der Waals surface area contributed by atoms with E-state index in [0.717, 1.165) is 5.69 Å². The summed E-state index contributed by atoms with van der Waals surface area (Å²) in [6.07, 6.45) is 0. The summed E-state index contributed by atoms with van der Waals surface area (Å²) in [4.78, 5) is 16.7. The predicted octanol–water partition coefficient (Wildman–Crippen LogP) is 3.64. The Hall–Kier alpha value is -2.43. The predicted molar refractivity (Wildman–Crippen MR) is 82.2 cm³/mol. The van der Waals surface area contributed by atoms with Crippen LogP contribution in [0.1, 0.15) is 35.8 Å². The van der Waals surface area contributed by atoms with Gasteiger partial charge in [0.05, 0.1) is 0 Å². The van der Waals surface area contributed by atoms with Crippen LogP contribution in [0.4, 0.5) is 15.9 Å². The number of hydrogen-bond acceptors (Lipinski definition) is 3. The third-order valence-corrected chi connectivity index (χ3v) is 3.06. The number of amides is 1. The summed E-state index contributed by atoms with van der Waals surface area (Å²) in [6, 6.07) is 9.12. The van der Waals surface area contributed by atoms with E-state index in [1.54, 1.807) is 19.2 Å². The first-order valence-electron chi connectivity index (χ1n) is 6.76. The molecule has 5 heteroatoms. The Morgan fingerprint density at radius 1 is 1.19 bits per heavy atom. The van der Waals surface area contributed by atoms with E-state index in [1.165, 1.54) is 24.3 Å². The van der Waals surface area contributed by atoms with Gasteiger partial charge in [0.1, 0.15) is 11.6 Å². The van der Waals surface area contributed by atoms with Crippen LogP contribution in [0.2, 0.25) is 0 Å². The van der Waals surface area contributed by atoms with Gasteiger partial charge in [-0.1, -0.05) is 13.8 Å². The summed E-state index contributed by atoms with van der Waals surface area (Å²) in [5.41, 5.74) is 1.91. The summed E-state index contributed by atoms with van der Waals surface area (Å²) in [7, 11) is 1.76. The Balaban J connectivity index is 2.25. The van der Waals surface area contributed by atoms with Gasteiger partial charge in [0.15, 0.2) is 0 Å². The molecule has 1 heterocycles. The molecule has 1 aromatic heterocycles. The maximum absolute atomic E-state index is 12.9. The van der Waals surface area contributed by atoms with Crippen LogP contribution < -0.4 is 10.6 Å². The number of pyridine rings is 1. The van der Waals surface area contributed by atoms with Crippen LogP contribution in [0.5, 0.6) is 0 Å². The second-order valence-corrected chi connectivity index (χ2v) is 5.03. The van der Waals surface area contributed by atoms with E-state index in [1.807, 2.05) is 13.8 Å². The van der Waals surface area contributed by atoms with Crippen molar-refractivity contribution in [2.45, 2.75) is 19.8 Å². The van der Waals surface area contributed by atoms with Crippen LogP contribution in [0.15, 0.2) is 36.4 Å². The van der Waals surface area contributed by atoms with Gasteiger partial charge in [0, 0.05) is 24.0 Å². The zero-order chi connectivity index (χ0) is 15.4. The molecule has 2 aromatic rings. The standard InChI is InChI=1S/C16H18FN3O/c1-10(2)14-8-11(9-15(18-3)20-14)16(21)19-13-6-4-12(17)5-7-13/h4-10H,1-3H3,(H,18,20)(H,19,21). The SMILES string of the molecule is CNc1cc(C(=O)Nc2ccc(F)cc2)cc(C(C)C)n1. The Morgan fingerprint density at radius 3 is 2.43 bits per heavy atom. The van der Waals surface area contributed by atoms with Gasteiger partial charge >= 0.3 is 0 Å². The number of rotatable bonds is 4. The average molecular weight is 287 g/mol. The lowest BCUT2D eigenvalue weighted by Gasteiger charge is -2.11. The van der Waals surface area contributed by atoms with Gasteiger partial charge in [0.2, 0.25) is 0 Å². The van der Waals surface area contributed by atoms with E-state index in [2.05, 4.69) is 15.6 Å². The molecule has 2 rings (SSSR count). The summed E-state index contributed by atoms with van der Waals surface area (Å²) in [5.74, 6) is 0.278. The molecule has 0 fully saturated rings. The van der Waals surface area contributed by atoms with Crippen LogP contribution in [-0.2, 0) is 0 Å². The number of hydrogen-bond donors (Lipinski definition) is 2. The Bertz CT molecular complexity index is 638. The highest BCUT2D eigenvalue weighted by Gasteiger charge is 2.12. The van der Waals surface area contributed by atoms with Gasteiger partial charge in [-0.25, -0.2) is 9.37 Å². The van der Waals surface area contributed by atoms with Gasteiger partial charge in [-0.3, -0.25) is 4.79 Å². The Labute approximate surface area is 123 Å². The number of halogens is 1. The molecular weight excluding hydrogens is 269 g/mol. The number of carbonyl (C=O) groups excluding carboxylic acids is 1. The molecule has 0 aliphatic heterocycles. The highest BCUT2D eigenvalue weighted by Crippen LogP contribution is 2.18. The fraction of sp³-hybridized carbons (Fsp3) is 0.250. The van der Waals surface area contributed by atoms with Gasteiger partial charge in [-0.05, 0) is 42.3 Å². The van der Waals surface area contributed by atoms with Crippen molar-refractivity contribution in [1.29, 1.82) is 0 Å². The number of anilines is 2. The van der Waals surface area contributed by atoms with Crippen molar-refractivity contribution in [2.75, 3.05) is 17.7 Å². The molecule has 110 valence electrons. The minimum absolute atomic E-state index is 0.218. The van der Waals surface area contributed by atoms with Crippen LogP contribution >= 0.6 is 0 Å². The van der Waals surface area contributed by atoms with Crippen LogP contribution in [0.25, 0.3) is 0 Å². The number of nitrogens with one attached hydrogen (secondary N) is 2. The van der Waals surface area contributed by atoms with Crippen molar-refractivity contribution < 1.29 is 9.18 Å². The molecule has 0 saturated carbocycles. The van der Waals surface area contributed by atoms with Crippen molar-refractivity contribution in [1.82, 2.24) is 4.98 Å². The highest BCUT2D eigenvalue weighted by molar-refractivity contribution is 6.04. The minimum Gasteiger partial charge on any atom is -0.373 e. The molecule has 0 radical (unpaired) electrons. The molecule has 0 saturated heterocycles. The normalized spacial score (nSPS) is 10.5. The van der Waals surface area contributed by atoms with E-state index in [0.29, 0.717) is 17.1 Å². The zero-order valence-electron chi connectivity index (χ0n) is 12.3. The Kier molecular flexibility index (Phi) is 4.52. The monoisotopic (exact) mass is 287 g/mol. The first kappa shape index (κ1) is 15.0. The second-order valence-electron chi connectivity index (χ2n) is 5.03. The lowest BCUT2D eigenvalue weighted by atomic mass is 10.1. The molecule has 0 spiro atoms. The van der Waals surface area contributed by atoms with E-state index in [-0.39, 0.29) is 17.6 Å². The number of benzene rings is 1. The first-order valence-corrected chi connectivity index (χ1v) is 6.76. The van der Waals surface area contributed by atoms with Crippen molar-refractivity contribution in [3.8, 4) is 0 Å². The average Bonchev–Trinajstić information content (AvgIpc) is 2.49. The lowest BCUT2D eigenvalue weighted by Crippen LogP contribution is -2.13. The third-order valence-electron chi connectivity index (χ3n) is 3.06. The van der Waals surface area contributed by atoms with Crippen LogP contribution in [0, 0.1) is 5.82 Å². The number of aromatic nitrogens is 1. The fourth-order valence-electron chi connectivity index (χ4n) is 1.84. The summed E-state index contributed by atoms with van der Waals surface area (Å²) >= 11 is 0.